The molecule has 4 atom stereocenters. The van der Waals surface area contributed by atoms with Gasteiger partial charge in [-0.05, 0) is 110 Å². The number of benzene rings is 5. The topological polar surface area (TPSA) is 6.48 Å². The van der Waals surface area contributed by atoms with Gasteiger partial charge in [0.25, 0.3) is 0 Å². The maximum Gasteiger partial charge on any atom is 0.0461 e. The third-order valence-corrected chi connectivity index (χ3v) is 9.87. The molecule has 2 aliphatic carbocycles. The third kappa shape index (κ3) is 5.36. The van der Waals surface area contributed by atoms with E-state index in [2.05, 4.69) is 185 Å². The molecule has 0 bridgehead atoms. The maximum absolute atomic E-state index is 2.57. The molecule has 46 heavy (non-hydrogen) atoms. The van der Waals surface area contributed by atoms with Crippen molar-refractivity contribution in [2.24, 2.45) is 23.7 Å². The Morgan fingerprint density at radius 2 is 0.696 bits per heavy atom. The number of allylic oxidation sites excluding steroid dienone is 2. The van der Waals surface area contributed by atoms with Crippen molar-refractivity contribution >= 4 is 34.1 Å². The summed E-state index contributed by atoms with van der Waals surface area (Å²) in [6, 6.07) is 45.2. The monoisotopic (exact) mass is 600 g/mol. The smallest absolute Gasteiger partial charge is 0.0461 e. The van der Waals surface area contributed by atoms with Gasteiger partial charge in [-0.1, -0.05) is 98.8 Å². The van der Waals surface area contributed by atoms with Crippen molar-refractivity contribution in [1.29, 1.82) is 0 Å². The van der Waals surface area contributed by atoms with Gasteiger partial charge in [-0.2, -0.15) is 0 Å². The molecule has 0 saturated carbocycles. The average Bonchev–Trinajstić information content (AvgIpc) is 3.04. The first kappa shape index (κ1) is 29.9. The molecule has 4 unspecified atom stereocenters. The quantitative estimate of drug-likeness (QED) is 0.179. The van der Waals surface area contributed by atoms with Crippen LogP contribution in [0.1, 0.15) is 36.1 Å². The molecule has 0 N–H and O–H groups in total. The number of nitrogens with zero attached hydrogens (tertiary/aromatic N) is 2. The van der Waals surface area contributed by atoms with Crippen molar-refractivity contribution in [3.8, 4) is 0 Å². The van der Waals surface area contributed by atoms with E-state index in [1.165, 1.54) is 66.8 Å². The van der Waals surface area contributed by atoms with Crippen LogP contribution in [0.3, 0.4) is 0 Å². The predicted octanol–water partition coefficient (Wildman–Crippen LogP) is 9.90. The Hall–Kier alpha value is -4.82. The lowest BCUT2D eigenvalue weighted by Gasteiger charge is -2.48. The standard InChI is InChI=1S/C44H44N2/c1-29-13-9-17-35(25-29)45(36-18-10-14-30(2)26-36)43-39-21-7-8-22-40(39)44(42-34(6)24-23-33(5)41(42)43)46(37-19-11-15-31(3)27-37)38-20-12-16-32(4)28-38/h7-28,33-34,41-42H,1-6H3. The number of fused-ring (bicyclic) bond motifs is 2. The zero-order valence-corrected chi connectivity index (χ0v) is 27.9. The molecule has 0 aliphatic heterocycles. The molecule has 0 heterocycles. The first-order valence-corrected chi connectivity index (χ1v) is 16.7. The summed E-state index contributed by atoms with van der Waals surface area (Å²) in [7, 11) is 0. The fraction of sp³-hybridized carbons (Fsp3) is 0.227. The molecule has 2 heteroatoms. The molecular weight excluding hydrogens is 556 g/mol. The van der Waals surface area contributed by atoms with Crippen molar-refractivity contribution in [3.63, 3.8) is 0 Å². The molecule has 2 nitrogen and oxygen atoms in total. The second-order valence-corrected chi connectivity index (χ2v) is 13.5. The van der Waals surface area contributed by atoms with E-state index < -0.39 is 0 Å². The van der Waals surface area contributed by atoms with Crippen LogP contribution in [0, 0.1) is 51.4 Å². The molecule has 0 aromatic heterocycles. The lowest BCUT2D eigenvalue weighted by atomic mass is 9.65. The highest BCUT2D eigenvalue weighted by molar-refractivity contribution is 5.88. The summed E-state index contributed by atoms with van der Waals surface area (Å²) >= 11 is 0. The summed E-state index contributed by atoms with van der Waals surface area (Å²) in [6.45, 7) is 13.6. The number of hydrogen-bond donors (Lipinski definition) is 0. The first-order valence-electron chi connectivity index (χ1n) is 16.7. The maximum atomic E-state index is 2.57. The minimum Gasteiger partial charge on any atom is -0.313 e. The second kappa shape index (κ2) is 12.2. The summed E-state index contributed by atoms with van der Waals surface area (Å²) in [5.74, 6) is 1.19. The molecule has 2 aliphatic rings. The normalized spacial score (nSPS) is 20.2. The molecule has 5 aromatic carbocycles. The number of hydrogen-bond acceptors (Lipinski definition) is 2. The second-order valence-electron chi connectivity index (χ2n) is 13.5. The third-order valence-electron chi connectivity index (χ3n) is 9.87. The van der Waals surface area contributed by atoms with Crippen LogP contribution >= 0.6 is 0 Å². The Balaban J connectivity index is 1.64. The molecule has 0 spiro atoms. The minimum atomic E-state index is 0.253. The molecule has 0 saturated heterocycles. The SMILES string of the molecule is Cc1cccc(N(C2=c3ccccc3=C(N(c3cccc(C)c3)c3cccc(C)c3)C3C(C)C=CC(C)C23)c2cccc(C)c2)c1. The molecule has 0 amide bonds. The van der Waals surface area contributed by atoms with Gasteiger partial charge in [-0.3, -0.25) is 0 Å². The molecular formula is C44H44N2. The van der Waals surface area contributed by atoms with Gasteiger partial charge in [-0.25, -0.2) is 0 Å². The van der Waals surface area contributed by atoms with Gasteiger partial charge in [0, 0.05) is 56.4 Å². The van der Waals surface area contributed by atoms with E-state index in [1.54, 1.807) is 0 Å². The van der Waals surface area contributed by atoms with Gasteiger partial charge >= 0.3 is 0 Å². The Morgan fingerprint density at radius 1 is 0.391 bits per heavy atom. The Kier molecular flexibility index (Phi) is 7.90. The van der Waals surface area contributed by atoms with Crippen LogP contribution in [0.5, 0.6) is 0 Å². The number of aryl methyl sites for hydroxylation is 4. The van der Waals surface area contributed by atoms with Crippen molar-refractivity contribution in [1.82, 2.24) is 0 Å². The van der Waals surface area contributed by atoms with Crippen molar-refractivity contribution in [2.75, 3.05) is 9.80 Å². The van der Waals surface area contributed by atoms with Crippen LogP contribution < -0.4 is 20.2 Å². The largest absolute Gasteiger partial charge is 0.313 e. The number of anilines is 4. The minimum absolute atomic E-state index is 0.253. The van der Waals surface area contributed by atoms with Crippen molar-refractivity contribution in [2.45, 2.75) is 41.5 Å². The van der Waals surface area contributed by atoms with Gasteiger partial charge in [0.15, 0.2) is 0 Å². The molecule has 5 aromatic rings. The van der Waals surface area contributed by atoms with E-state index in [9.17, 15) is 0 Å². The summed E-state index contributed by atoms with van der Waals surface area (Å²) in [6.07, 6.45) is 4.93. The highest BCUT2D eigenvalue weighted by atomic mass is 15.2. The van der Waals surface area contributed by atoms with E-state index in [4.69, 9.17) is 0 Å². The van der Waals surface area contributed by atoms with E-state index in [1.807, 2.05) is 0 Å². The molecule has 7 rings (SSSR count). The lowest BCUT2D eigenvalue weighted by Crippen LogP contribution is -2.51. The highest BCUT2D eigenvalue weighted by Gasteiger charge is 2.44. The van der Waals surface area contributed by atoms with Gasteiger partial charge in [-0.15, -0.1) is 0 Å². The van der Waals surface area contributed by atoms with Gasteiger partial charge in [0.05, 0.1) is 0 Å². The van der Waals surface area contributed by atoms with Gasteiger partial charge in [0.2, 0.25) is 0 Å². The lowest BCUT2D eigenvalue weighted by molar-refractivity contribution is 0.321. The Labute approximate surface area is 274 Å². The van der Waals surface area contributed by atoms with Crippen molar-refractivity contribution in [3.05, 3.63) is 166 Å². The van der Waals surface area contributed by atoms with Gasteiger partial charge in [0.1, 0.15) is 0 Å². The van der Waals surface area contributed by atoms with Crippen LogP contribution in [-0.2, 0) is 0 Å². The fourth-order valence-electron chi connectivity index (χ4n) is 7.83. The van der Waals surface area contributed by atoms with Gasteiger partial charge < -0.3 is 9.80 Å². The molecule has 0 radical (unpaired) electrons. The van der Waals surface area contributed by atoms with Crippen molar-refractivity contribution < 1.29 is 0 Å². The zero-order chi connectivity index (χ0) is 31.9. The van der Waals surface area contributed by atoms with Crippen LogP contribution in [0.2, 0.25) is 0 Å². The highest BCUT2D eigenvalue weighted by Crippen LogP contribution is 2.50. The van der Waals surface area contributed by atoms with Crippen LogP contribution in [0.15, 0.2) is 133 Å². The van der Waals surface area contributed by atoms with E-state index in [-0.39, 0.29) is 11.8 Å². The van der Waals surface area contributed by atoms with E-state index >= 15 is 0 Å². The average molecular weight is 601 g/mol. The van der Waals surface area contributed by atoms with Crippen LogP contribution in [-0.4, -0.2) is 0 Å². The van der Waals surface area contributed by atoms with Crippen LogP contribution in [0.25, 0.3) is 11.4 Å². The summed E-state index contributed by atoms with van der Waals surface area (Å²) in [5.41, 5.74) is 12.7. The Bertz CT molecular complexity index is 1830. The predicted molar refractivity (Wildman–Crippen MR) is 196 cm³/mol. The summed E-state index contributed by atoms with van der Waals surface area (Å²) in [4.78, 5) is 5.14. The summed E-state index contributed by atoms with van der Waals surface area (Å²) in [5, 5.41) is 2.61. The van der Waals surface area contributed by atoms with E-state index in [0.29, 0.717) is 11.8 Å². The fourth-order valence-corrected chi connectivity index (χ4v) is 7.83. The number of rotatable bonds is 6. The molecule has 0 fully saturated rings. The summed E-state index contributed by atoms with van der Waals surface area (Å²) < 4.78 is 0. The molecule has 230 valence electrons. The van der Waals surface area contributed by atoms with E-state index in [0.717, 1.165) is 0 Å². The Morgan fingerprint density at radius 3 is 0.978 bits per heavy atom. The zero-order valence-electron chi connectivity index (χ0n) is 27.9. The van der Waals surface area contributed by atoms with Crippen LogP contribution in [0.4, 0.5) is 22.7 Å². The first-order chi connectivity index (χ1) is 22.3.